The molecule has 1 aromatic rings. The van der Waals surface area contributed by atoms with Gasteiger partial charge < -0.3 is 10.4 Å². The first-order chi connectivity index (χ1) is 9.27. The monoisotopic (exact) mass is 284 g/mol. The smallest absolute Gasteiger partial charge is 0.328 e. The molecule has 1 amide bonds. The fraction of sp³-hybridized carbons (Fsp3) is 0.333. The van der Waals surface area contributed by atoms with E-state index in [9.17, 15) is 24.1 Å². The molecule has 2 N–H and O–H groups in total. The quantitative estimate of drug-likeness (QED) is 0.626. The molecule has 7 nitrogen and oxygen atoms in total. The number of hydrogen-bond acceptors (Lipinski definition) is 4. The molecule has 0 saturated heterocycles. The number of nitro groups is 1. The van der Waals surface area contributed by atoms with Crippen molar-refractivity contribution in [1.29, 1.82) is 0 Å². The van der Waals surface area contributed by atoms with Crippen LogP contribution in [0, 0.1) is 24.0 Å². The molecule has 0 bridgehead atoms. The van der Waals surface area contributed by atoms with Crippen molar-refractivity contribution in [2.45, 2.75) is 19.9 Å². The highest BCUT2D eigenvalue weighted by Gasteiger charge is 2.23. The highest BCUT2D eigenvalue weighted by atomic mass is 19.1. The first-order valence-corrected chi connectivity index (χ1v) is 5.63. The molecule has 20 heavy (non-hydrogen) atoms. The van der Waals surface area contributed by atoms with Gasteiger partial charge in [-0.3, -0.25) is 14.9 Å². The van der Waals surface area contributed by atoms with Crippen LogP contribution in [0.4, 0.5) is 10.1 Å². The number of carboxylic acids is 1. The number of nitrogens with zero attached hydrogens (tertiary/aromatic N) is 1. The number of amides is 1. The highest BCUT2D eigenvalue weighted by molar-refractivity contribution is 5.98. The molecule has 0 aromatic heterocycles. The lowest BCUT2D eigenvalue weighted by atomic mass is 10.0. The average Bonchev–Trinajstić information content (AvgIpc) is 2.34. The van der Waals surface area contributed by atoms with E-state index >= 15 is 0 Å². The zero-order valence-corrected chi connectivity index (χ0v) is 10.8. The number of carbonyl (C=O) groups is 2. The molecule has 0 spiro atoms. The van der Waals surface area contributed by atoms with Crippen LogP contribution in [-0.4, -0.2) is 34.6 Å². The van der Waals surface area contributed by atoms with Gasteiger partial charge in [0.2, 0.25) is 0 Å². The number of alkyl halides is 1. The molecule has 1 atom stereocenters. The van der Waals surface area contributed by atoms with Crippen LogP contribution in [0.15, 0.2) is 12.1 Å². The Bertz CT molecular complexity index is 573. The van der Waals surface area contributed by atoms with Gasteiger partial charge in [0.25, 0.3) is 11.6 Å². The molecule has 0 saturated carbocycles. The van der Waals surface area contributed by atoms with Crippen LogP contribution in [0.3, 0.4) is 0 Å². The van der Waals surface area contributed by atoms with Gasteiger partial charge in [-0.1, -0.05) is 0 Å². The van der Waals surface area contributed by atoms with Crippen LogP contribution in [-0.2, 0) is 4.79 Å². The summed E-state index contributed by atoms with van der Waals surface area (Å²) in [6, 6.07) is 0.817. The Morgan fingerprint density at radius 1 is 1.40 bits per heavy atom. The van der Waals surface area contributed by atoms with Crippen LogP contribution in [0.25, 0.3) is 0 Å². The summed E-state index contributed by atoms with van der Waals surface area (Å²) < 4.78 is 12.5. The topological polar surface area (TPSA) is 110 Å². The van der Waals surface area contributed by atoms with Crippen molar-refractivity contribution in [1.82, 2.24) is 5.32 Å². The van der Waals surface area contributed by atoms with Gasteiger partial charge >= 0.3 is 5.97 Å². The number of nitrogens with one attached hydrogen (secondary N) is 1. The number of rotatable bonds is 5. The van der Waals surface area contributed by atoms with E-state index in [4.69, 9.17) is 5.11 Å². The minimum atomic E-state index is -1.68. The van der Waals surface area contributed by atoms with Gasteiger partial charge in [-0.15, -0.1) is 0 Å². The van der Waals surface area contributed by atoms with Gasteiger partial charge in [-0.25, -0.2) is 9.18 Å². The Labute approximate surface area is 113 Å². The van der Waals surface area contributed by atoms with E-state index < -0.39 is 29.5 Å². The molecule has 0 radical (unpaired) electrons. The summed E-state index contributed by atoms with van der Waals surface area (Å²) in [7, 11) is 0. The number of carbonyl (C=O) groups excluding carboxylic acids is 1. The minimum absolute atomic E-state index is 0.0537. The van der Waals surface area contributed by atoms with Gasteiger partial charge in [0.05, 0.1) is 4.92 Å². The first-order valence-electron chi connectivity index (χ1n) is 5.63. The molecule has 1 unspecified atom stereocenters. The molecule has 108 valence electrons. The zero-order chi connectivity index (χ0) is 15.4. The molecule has 8 heteroatoms. The Balaban J connectivity index is 3.13. The van der Waals surface area contributed by atoms with Crippen LogP contribution < -0.4 is 5.32 Å². The highest BCUT2D eigenvalue weighted by Crippen LogP contribution is 2.22. The molecule has 1 rings (SSSR count). The lowest BCUT2D eigenvalue weighted by Gasteiger charge is -2.12. The fourth-order valence-electron chi connectivity index (χ4n) is 1.68. The van der Waals surface area contributed by atoms with Crippen LogP contribution in [0.1, 0.15) is 21.5 Å². The normalized spacial score (nSPS) is 11.8. The van der Waals surface area contributed by atoms with Gasteiger partial charge in [0.1, 0.15) is 6.67 Å². The van der Waals surface area contributed by atoms with Crippen LogP contribution >= 0.6 is 0 Å². The molecule has 0 aliphatic heterocycles. The number of carboxylic acid groups (broad SMARTS) is 1. The van der Waals surface area contributed by atoms with Gasteiger partial charge in [-0.2, -0.15) is 0 Å². The fourth-order valence-corrected chi connectivity index (χ4v) is 1.68. The lowest BCUT2D eigenvalue weighted by molar-refractivity contribution is -0.385. The van der Waals surface area contributed by atoms with E-state index in [1.165, 1.54) is 13.0 Å². The van der Waals surface area contributed by atoms with Crippen molar-refractivity contribution in [2.24, 2.45) is 0 Å². The first kappa shape index (κ1) is 15.5. The summed E-state index contributed by atoms with van der Waals surface area (Å²) in [5, 5.41) is 21.4. The Morgan fingerprint density at radius 3 is 2.45 bits per heavy atom. The SMILES string of the molecule is Cc1cc(C)c([N+](=O)[O-])cc1C(=O)NC(CF)C(=O)O. The maximum atomic E-state index is 12.5. The molecular formula is C12H13FN2O5. The molecule has 0 heterocycles. The molecular weight excluding hydrogens is 271 g/mol. The standard InChI is InChI=1S/C12H13FN2O5/c1-6-3-7(2)10(15(19)20)4-8(6)11(16)14-9(5-13)12(17)18/h3-4,9H,5H2,1-2H3,(H,14,16)(H,17,18). The van der Waals surface area contributed by atoms with Crippen LogP contribution in [0.5, 0.6) is 0 Å². The van der Waals surface area contributed by atoms with Crippen molar-refractivity contribution >= 4 is 17.6 Å². The maximum absolute atomic E-state index is 12.5. The summed E-state index contributed by atoms with van der Waals surface area (Å²) in [4.78, 5) is 32.7. The van der Waals surface area contributed by atoms with Gasteiger partial charge in [0, 0.05) is 17.2 Å². The van der Waals surface area contributed by atoms with Crippen molar-refractivity contribution < 1.29 is 24.0 Å². The molecule has 0 aliphatic rings. The summed E-state index contributed by atoms with van der Waals surface area (Å²) in [5.74, 6) is -2.38. The predicted octanol–water partition coefficient (Wildman–Crippen LogP) is 1.36. The van der Waals surface area contributed by atoms with E-state index in [2.05, 4.69) is 0 Å². The Hall–Kier alpha value is -2.51. The number of hydrogen-bond donors (Lipinski definition) is 2. The maximum Gasteiger partial charge on any atom is 0.328 e. The minimum Gasteiger partial charge on any atom is -0.480 e. The number of benzene rings is 1. The summed E-state index contributed by atoms with van der Waals surface area (Å²) in [6.07, 6.45) is 0. The third-order valence-corrected chi connectivity index (χ3v) is 2.74. The molecule has 0 fully saturated rings. The van der Waals surface area contributed by atoms with Crippen molar-refractivity contribution in [2.75, 3.05) is 6.67 Å². The van der Waals surface area contributed by atoms with Gasteiger partial charge in [-0.05, 0) is 25.5 Å². The average molecular weight is 284 g/mol. The van der Waals surface area contributed by atoms with Crippen molar-refractivity contribution in [3.63, 3.8) is 0 Å². The molecule has 1 aromatic carbocycles. The van der Waals surface area contributed by atoms with E-state index in [-0.39, 0.29) is 11.3 Å². The van der Waals surface area contributed by atoms with Crippen molar-refractivity contribution in [3.05, 3.63) is 38.9 Å². The number of aryl methyl sites for hydroxylation is 2. The largest absolute Gasteiger partial charge is 0.480 e. The van der Waals surface area contributed by atoms with Crippen LogP contribution in [0.2, 0.25) is 0 Å². The second-order valence-corrected chi connectivity index (χ2v) is 4.23. The zero-order valence-electron chi connectivity index (χ0n) is 10.8. The van der Waals surface area contributed by atoms with E-state index in [1.807, 2.05) is 5.32 Å². The second-order valence-electron chi connectivity index (χ2n) is 4.23. The van der Waals surface area contributed by atoms with Crippen molar-refractivity contribution in [3.8, 4) is 0 Å². The summed E-state index contributed by atoms with van der Waals surface area (Å²) in [6.45, 7) is 1.80. The van der Waals surface area contributed by atoms with E-state index in [0.29, 0.717) is 11.1 Å². The third kappa shape index (κ3) is 3.28. The second kappa shape index (κ2) is 6.09. The number of aliphatic carboxylic acids is 1. The Kier molecular flexibility index (Phi) is 4.73. The lowest BCUT2D eigenvalue weighted by Crippen LogP contribution is -2.42. The summed E-state index contributed by atoms with van der Waals surface area (Å²) in [5.41, 5.74) is 0.507. The number of halogens is 1. The summed E-state index contributed by atoms with van der Waals surface area (Å²) >= 11 is 0. The number of nitro benzene ring substituents is 1. The third-order valence-electron chi connectivity index (χ3n) is 2.74. The van der Waals surface area contributed by atoms with E-state index in [0.717, 1.165) is 6.07 Å². The Morgan fingerprint density at radius 2 is 2.00 bits per heavy atom. The molecule has 0 aliphatic carbocycles. The predicted molar refractivity (Wildman–Crippen MR) is 67.4 cm³/mol. The van der Waals surface area contributed by atoms with E-state index in [1.54, 1.807) is 6.92 Å². The van der Waals surface area contributed by atoms with Gasteiger partial charge in [0.15, 0.2) is 6.04 Å².